The smallest absolute Gasteiger partial charge is 0.305 e. The third-order valence-corrected chi connectivity index (χ3v) is 4.43. The van der Waals surface area contributed by atoms with Crippen LogP contribution in [0.15, 0.2) is 18.2 Å². The fraction of sp³-hybridized carbons (Fsp3) is 0.562. The Bertz CT molecular complexity index is 478. The molecule has 1 fully saturated rings. The molecule has 3 heteroatoms. The van der Waals surface area contributed by atoms with Crippen molar-refractivity contribution in [1.82, 2.24) is 4.90 Å². The van der Waals surface area contributed by atoms with E-state index in [0.29, 0.717) is 0 Å². The van der Waals surface area contributed by atoms with Crippen LogP contribution in [0, 0.1) is 13.8 Å². The van der Waals surface area contributed by atoms with Crippen LogP contribution in [-0.4, -0.2) is 29.1 Å². The number of aryl methyl sites for hydroxylation is 2. The van der Waals surface area contributed by atoms with E-state index in [9.17, 15) is 9.90 Å². The van der Waals surface area contributed by atoms with Crippen LogP contribution in [0.2, 0.25) is 0 Å². The van der Waals surface area contributed by atoms with Gasteiger partial charge in [0.25, 0.3) is 0 Å². The summed E-state index contributed by atoms with van der Waals surface area (Å²) in [7, 11) is 0. The van der Waals surface area contributed by atoms with E-state index in [-0.39, 0.29) is 12.0 Å². The number of carboxylic acid groups (broad SMARTS) is 1. The first-order valence-electron chi connectivity index (χ1n) is 6.98. The Morgan fingerprint density at radius 3 is 2.42 bits per heavy atom. The maximum atomic E-state index is 11.3. The van der Waals surface area contributed by atoms with Gasteiger partial charge in [-0.3, -0.25) is 9.69 Å². The van der Waals surface area contributed by atoms with Crippen LogP contribution in [0.25, 0.3) is 0 Å². The van der Waals surface area contributed by atoms with Crippen molar-refractivity contribution in [3.63, 3.8) is 0 Å². The van der Waals surface area contributed by atoms with Gasteiger partial charge in [-0.1, -0.05) is 18.2 Å². The van der Waals surface area contributed by atoms with Gasteiger partial charge in [0.1, 0.15) is 0 Å². The number of hydrogen-bond acceptors (Lipinski definition) is 2. The second kappa shape index (κ2) is 5.33. The average molecular weight is 261 g/mol. The van der Waals surface area contributed by atoms with Crippen LogP contribution >= 0.6 is 0 Å². The first-order valence-corrected chi connectivity index (χ1v) is 6.98. The number of carboxylic acids is 1. The fourth-order valence-corrected chi connectivity index (χ4v) is 2.98. The van der Waals surface area contributed by atoms with Crippen molar-refractivity contribution in [3.05, 3.63) is 34.9 Å². The van der Waals surface area contributed by atoms with Crippen LogP contribution in [0.1, 0.15) is 42.9 Å². The normalized spacial score (nSPS) is 19.3. The molecule has 0 bridgehead atoms. The van der Waals surface area contributed by atoms with Crippen molar-refractivity contribution in [3.8, 4) is 0 Å². The number of aliphatic carboxylic acids is 1. The largest absolute Gasteiger partial charge is 0.481 e. The summed E-state index contributed by atoms with van der Waals surface area (Å²) in [6.45, 7) is 8.23. The highest BCUT2D eigenvalue weighted by atomic mass is 16.4. The Kier molecular flexibility index (Phi) is 3.95. The molecule has 19 heavy (non-hydrogen) atoms. The van der Waals surface area contributed by atoms with E-state index in [1.54, 1.807) is 0 Å². The summed E-state index contributed by atoms with van der Waals surface area (Å²) in [6, 6.07) is 6.33. The zero-order valence-corrected chi connectivity index (χ0v) is 12.1. The maximum absolute atomic E-state index is 11.3. The Labute approximate surface area is 115 Å². The Balaban J connectivity index is 2.40. The molecular formula is C16H23NO2. The van der Waals surface area contributed by atoms with E-state index in [1.165, 1.54) is 24.0 Å². The predicted octanol–water partition coefficient (Wildman–Crippen LogP) is 3.09. The van der Waals surface area contributed by atoms with E-state index in [0.717, 1.165) is 18.7 Å². The SMILES string of the molecule is Cc1ccc(C(C)(CC(=O)O)N2CCCC2)cc1C. The summed E-state index contributed by atoms with van der Waals surface area (Å²) in [5, 5.41) is 9.27. The molecule has 1 atom stereocenters. The van der Waals surface area contributed by atoms with Crippen molar-refractivity contribution in [2.45, 2.75) is 45.6 Å². The maximum Gasteiger partial charge on any atom is 0.305 e. The van der Waals surface area contributed by atoms with Gasteiger partial charge in [0.2, 0.25) is 0 Å². The molecule has 0 saturated carbocycles. The lowest BCUT2D eigenvalue weighted by Crippen LogP contribution is -2.43. The minimum atomic E-state index is -0.729. The summed E-state index contributed by atoms with van der Waals surface area (Å²) in [6.07, 6.45) is 2.50. The quantitative estimate of drug-likeness (QED) is 0.905. The molecule has 0 amide bonds. The summed E-state index contributed by atoms with van der Waals surface area (Å²) < 4.78 is 0. The monoisotopic (exact) mass is 261 g/mol. The number of carbonyl (C=O) groups is 1. The van der Waals surface area contributed by atoms with Crippen LogP contribution in [0.3, 0.4) is 0 Å². The van der Waals surface area contributed by atoms with E-state index in [1.807, 2.05) is 0 Å². The molecule has 0 aliphatic carbocycles. The van der Waals surface area contributed by atoms with Crippen molar-refractivity contribution >= 4 is 5.97 Å². The van der Waals surface area contributed by atoms with Gasteiger partial charge in [0.15, 0.2) is 0 Å². The van der Waals surface area contributed by atoms with E-state index >= 15 is 0 Å². The highest BCUT2D eigenvalue weighted by molar-refractivity contribution is 5.69. The van der Waals surface area contributed by atoms with Crippen molar-refractivity contribution in [2.75, 3.05) is 13.1 Å². The van der Waals surface area contributed by atoms with Crippen LogP contribution < -0.4 is 0 Å². The van der Waals surface area contributed by atoms with Gasteiger partial charge in [-0.25, -0.2) is 0 Å². The Morgan fingerprint density at radius 1 is 1.26 bits per heavy atom. The van der Waals surface area contributed by atoms with Gasteiger partial charge in [0, 0.05) is 0 Å². The van der Waals surface area contributed by atoms with Gasteiger partial charge >= 0.3 is 5.97 Å². The zero-order valence-electron chi connectivity index (χ0n) is 12.1. The van der Waals surface area contributed by atoms with Gasteiger partial charge in [-0.2, -0.15) is 0 Å². The van der Waals surface area contributed by atoms with Crippen molar-refractivity contribution in [1.29, 1.82) is 0 Å². The summed E-state index contributed by atoms with van der Waals surface area (Å²) in [5.41, 5.74) is 3.22. The molecular weight excluding hydrogens is 238 g/mol. The number of hydrogen-bond donors (Lipinski definition) is 1. The van der Waals surface area contributed by atoms with Gasteiger partial charge in [-0.05, 0) is 63.4 Å². The lowest BCUT2D eigenvalue weighted by Gasteiger charge is -2.38. The molecule has 1 aliphatic rings. The van der Waals surface area contributed by atoms with Gasteiger partial charge < -0.3 is 5.11 Å². The lowest BCUT2D eigenvalue weighted by molar-refractivity contribution is -0.140. The summed E-state index contributed by atoms with van der Waals surface area (Å²) >= 11 is 0. The van der Waals surface area contributed by atoms with Gasteiger partial charge in [0.05, 0.1) is 12.0 Å². The summed E-state index contributed by atoms with van der Waals surface area (Å²) in [4.78, 5) is 13.6. The van der Waals surface area contributed by atoms with E-state index in [2.05, 4.69) is 43.9 Å². The van der Waals surface area contributed by atoms with Crippen molar-refractivity contribution in [2.24, 2.45) is 0 Å². The number of rotatable bonds is 4. The van der Waals surface area contributed by atoms with E-state index in [4.69, 9.17) is 0 Å². The molecule has 0 aromatic heterocycles. The molecule has 1 aliphatic heterocycles. The Morgan fingerprint density at radius 2 is 1.89 bits per heavy atom. The van der Waals surface area contributed by atoms with Crippen LogP contribution in [0.4, 0.5) is 0 Å². The predicted molar refractivity (Wildman–Crippen MR) is 76.3 cm³/mol. The molecule has 1 saturated heterocycles. The second-order valence-corrected chi connectivity index (χ2v) is 5.84. The molecule has 0 radical (unpaired) electrons. The number of likely N-dealkylation sites (tertiary alicyclic amines) is 1. The molecule has 104 valence electrons. The second-order valence-electron chi connectivity index (χ2n) is 5.84. The highest BCUT2D eigenvalue weighted by Crippen LogP contribution is 2.35. The standard InChI is InChI=1S/C16H23NO2/c1-12-6-7-14(10-13(12)2)16(3,11-15(18)19)17-8-4-5-9-17/h6-7,10H,4-5,8-9,11H2,1-3H3,(H,18,19). The molecule has 3 nitrogen and oxygen atoms in total. The van der Waals surface area contributed by atoms with E-state index < -0.39 is 5.97 Å². The van der Waals surface area contributed by atoms with Crippen LogP contribution in [0.5, 0.6) is 0 Å². The number of benzene rings is 1. The molecule has 1 unspecified atom stereocenters. The number of nitrogens with zero attached hydrogens (tertiary/aromatic N) is 1. The minimum absolute atomic E-state index is 0.162. The topological polar surface area (TPSA) is 40.5 Å². The molecule has 1 heterocycles. The molecule has 1 aromatic rings. The highest BCUT2D eigenvalue weighted by Gasteiger charge is 2.37. The Hall–Kier alpha value is -1.35. The molecule has 0 spiro atoms. The molecule has 1 aromatic carbocycles. The van der Waals surface area contributed by atoms with Crippen molar-refractivity contribution < 1.29 is 9.90 Å². The van der Waals surface area contributed by atoms with Crippen LogP contribution in [-0.2, 0) is 10.3 Å². The lowest BCUT2D eigenvalue weighted by atomic mass is 9.85. The summed E-state index contributed by atoms with van der Waals surface area (Å²) in [5.74, 6) is -0.729. The fourth-order valence-electron chi connectivity index (χ4n) is 2.98. The first kappa shape index (κ1) is 14.1. The third-order valence-electron chi connectivity index (χ3n) is 4.43. The molecule has 1 N–H and O–H groups in total. The third kappa shape index (κ3) is 2.81. The minimum Gasteiger partial charge on any atom is -0.481 e. The average Bonchev–Trinajstić information content (AvgIpc) is 2.85. The molecule has 2 rings (SSSR count). The zero-order chi connectivity index (χ0) is 14.0. The van der Waals surface area contributed by atoms with Gasteiger partial charge in [-0.15, -0.1) is 0 Å². The first-order chi connectivity index (χ1) is 8.93.